The van der Waals surface area contributed by atoms with Gasteiger partial charge < -0.3 is 10.0 Å². The Hall–Kier alpha value is -0.583. The van der Waals surface area contributed by atoms with Gasteiger partial charge >= 0.3 is 18.9 Å². The molecule has 15 heavy (non-hydrogen) atoms. The molecular weight excluding hydrogens is 181 g/mol. The van der Waals surface area contributed by atoms with Crippen LogP contribution in [0.25, 0.3) is 0 Å². The normalized spacial score (nSPS) is 9.47. The van der Waals surface area contributed by atoms with Crippen molar-refractivity contribution in [3.8, 4) is 5.75 Å². The van der Waals surface area contributed by atoms with Gasteiger partial charge in [0.1, 0.15) is 0 Å². The van der Waals surface area contributed by atoms with Crippen molar-refractivity contribution < 1.29 is 24.0 Å². The fourth-order valence-corrected chi connectivity index (χ4v) is 1.57. The third-order valence-electron chi connectivity index (χ3n) is 2.19. The minimum Gasteiger partial charge on any atom is -0.872 e. The number of benzene rings is 1. The monoisotopic (exact) mass is 199 g/mol. The van der Waals surface area contributed by atoms with Crippen LogP contribution in [0.1, 0.15) is 26.7 Å². The van der Waals surface area contributed by atoms with Gasteiger partial charge in [-0.3, -0.25) is 0 Å². The number of hydrogen-bond acceptors (Lipinski definition) is 2. The van der Waals surface area contributed by atoms with E-state index in [1.165, 1.54) is 0 Å². The zero-order chi connectivity index (χ0) is 10.4. The first kappa shape index (κ1) is 14.4. The summed E-state index contributed by atoms with van der Waals surface area (Å²) in [5, 5.41) is 10.9. The summed E-state index contributed by atoms with van der Waals surface area (Å²) in [4.78, 5) is 2.32. The first-order chi connectivity index (χ1) is 6.77. The standard InChI is InChI=1S/C12H19NO.Li/c1-3-9-13(10-4-2)11-5-7-12(14)8-6-11;/h5-8,14H,3-4,9-10H2,1-2H3;/q;+1/p-1. The summed E-state index contributed by atoms with van der Waals surface area (Å²) in [6.07, 6.45) is 2.28. The molecule has 1 aromatic rings. The van der Waals surface area contributed by atoms with Crippen molar-refractivity contribution in [3.05, 3.63) is 24.3 Å². The van der Waals surface area contributed by atoms with E-state index >= 15 is 0 Å². The van der Waals surface area contributed by atoms with Crippen molar-refractivity contribution in [2.24, 2.45) is 0 Å². The summed E-state index contributed by atoms with van der Waals surface area (Å²) in [6, 6.07) is 7.09. The molecule has 0 fully saturated rings. The van der Waals surface area contributed by atoms with Crippen LogP contribution in [-0.4, -0.2) is 13.1 Å². The molecule has 1 rings (SSSR count). The minimum absolute atomic E-state index is 0. The quantitative estimate of drug-likeness (QED) is 0.591. The first-order valence-electron chi connectivity index (χ1n) is 5.30. The predicted octanol–water partition coefficient (Wildman–Crippen LogP) is -0.609. The molecule has 0 radical (unpaired) electrons. The minimum atomic E-state index is 0. The van der Waals surface area contributed by atoms with E-state index in [0.717, 1.165) is 31.6 Å². The van der Waals surface area contributed by atoms with E-state index in [4.69, 9.17) is 0 Å². The Labute approximate surface area is 104 Å². The third-order valence-corrected chi connectivity index (χ3v) is 2.19. The van der Waals surface area contributed by atoms with E-state index in [0.29, 0.717) is 0 Å². The van der Waals surface area contributed by atoms with Gasteiger partial charge in [-0.25, -0.2) is 0 Å². The Balaban J connectivity index is 0.00000196. The largest absolute Gasteiger partial charge is 1.00 e. The smallest absolute Gasteiger partial charge is 0.872 e. The second-order valence-corrected chi connectivity index (χ2v) is 3.48. The van der Waals surface area contributed by atoms with Gasteiger partial charge in [0.15, 0.2) is 0 Å². The van der Waals surface area contributed by atoms with Crippen LogP contribution in [0.15, 0.2) is 24.3 Å². The molecule has 0 aliphatic rings. The zero-order valence-corrected chi connectivity index (χ0v) is 9.99. The van der Waals surface area contributed by atoms with Crippen molar-refractivity contribution in [1.82, 2.24) is 0 Å². The van der Waals surface area contributed by atoms with E-state index in [-0.39, 0.29) is 24.6 Å². The van der Waals surface area contributed by atoms with Gasteiger partial charge in [-0.05, 0) is 25.0 Å². The van der Waals surface area contributed by atoms with Gasteiger partial charge in [0.25, 0.3) is 0 Å². The molecule has 0 aliphatic heterocycles. The number of anilines is 1. The van der Waals surface area contributed by atoms with Crippen LogP contribution in [0.4, 0.5) is 5.69 Å². The van der Waals surface area contributed by atoms with E-state index in [1.54, 1.807) is 12.1 Å². The second-order valence-electron chi connectivity index (χ2n) is 3.48. The van der Waals surface area contributed by atoms with Gasteiger partial charge in [-0.15, -0.1) is 5.75 Å². The summed E-state index contributed by atoms with van der Waals surface area (Å²) in [7, 11) is 0. The molecule has 0 heterocycles. The van der Waals surface area contributed by atoms with Gasteiger partial charge in [-0.2, -0.15) is 0 Å². The van der Waals surface area contributed by atoms with Crippen molar-refractivity contribution in [1.29, 1.82) is 0 Å². The maximum Gasteiger partial charge on any atom is 1.00 e. The van der Waals surface area contributed by atoms with E-state index in [9.17, 15) is 5.11 Å². The van der Waals surface area contributed by atoms with E-state index in [2.05, 4.69) is 18.7 Å². The zero-order valence-electron chi connectivity index (χ0n) is 9.99. The van der Waals surface area contributed by atoms with E-state index in [1.807, 2.05) is 12.1 Å². The first-order valence-corrected chi connectivity index (χ1v) is 5.30. The Bertz CT molecular complexity index is 255. The Morgan fingerprint density at radius 3 is 1.87 bits per heavy atom. The topological polar surface area (TPSA) is 26.3 Å². The van der Waals surface area contributed by atoms with Crippen molar-refractivity contribution in [2.75, 3.05) is 18.0 Å². The average molecular weight is 199 g/mol. The van der Waals surface area contributed by atoms with Gasteiger partial charge in [-0.1, -0.05) is 26.0 Å². The molecule has 3 heteroatoms. The molecule has 78 valence electrons. The number of rotatable bonds is 5. The van der Waals surface area contributed by atoms with Gasteiger partial charge in [0.2, 0.25) is 0 Å². The molecule has 0 unspecified atom stereocenters. The SMILES string of the molecule is CCCN(CCC)c1ccc([O-])cc1.[Li+]. The molecule has 0 bridgehead atoms. The number of nitrogens with zero attached hydrogens (tertiary/aromatic N) is 1. The molecule has 0 aliphatic carbocycles. The van der Waals surface area contributed by atoms with Crippen LogP contribution in [0.2, 0.25) is 0 Å². The summed E-state index contributed by atoms with van der Waals surface area (Å²) in [6.45, 7) is 6.47. The number of hydrogen-bond donors (Lipinski definition) is 0. The van der Waals surface area contributed by atoms with Crippen molar-refractivity contribution >= 4 is 5.69 Å². The fraction of sp³-hybridized carbons (Fsp3) is 0.500. The molecule has 1 aromatic carbocycles. The Morgan fingerprint density at radius 1 is 1.00 bits per heavy atom. The molecule has 0 spiro atoms. The van der Waals surface area contributed by atoms with Crippen molar-refractivity contribution in [2.45, 2.75) is 26.7 Å². The van der Waals surface area contributed by atoms with Crippen LogP contribution in [0, 0.1) is 0 Å². The summed E-state index contributed by atoms with van der Waals surface area (Å²) in [5.74, 6) is 0.0849. The molecule has 2 nitrogen and oxygen atoms in total. The Kier molecular flexibility index (Phi) is 7.38. The molecule has 0 amide bonds. The Morgan fingerprint density at radius 2 is 1.47 bits per heavy atom. The second kappa shape index (κ2) is 7.68. The fourth-order valence-electron chi connectivity index (χ4n) is 1.57. The third kappa shape index (κ3) is 4.64. The van der Waals surface area contributed by atoms with Crippen molar-refractivity contribution in [3.63, 3.8) is 0 Å². The molecule has 0 saturated carbocycles. The maximum atomic E-state index is 10.9. The summed E-state index contributed by atoms with van der Waals surface area (Å²) in [5.41, 5.74) is 1.16. The summed E-state index contributed by atoms with van der Waals surface area (Å²) < 4.78 is 0. The van der Waals surface area contributed by atoms with Crippen LogP contribution in [0.3, 0.4) is 0 Å². The molecule has 0 saturated heterocycles. The van der Waals surface area contributed by atoms with Gasteiger partial charge in [0.05, 0.1) is 0 Å². The predicted molar refractivity (Wildman–Crippen MR) is 58.7 cm³/mol. The van der Waals surface area contributed by atoms with Crippen LogP contribution in [-0.2, 0) is 0 Å². The van der Waals surface area contributed by atoms with Crippen LogP contribution in [0.5, 0.6) is 5.75 Å². The molecule has 0 N–H and O–H groups in total. The van der Waals surface area contributed by atoms with Crippen LogP contribution >= 0.6 is 0 Å². The molecule has 0 aromatic heterocycles. The van der Waals surface area contributed by atoms with E-state index < -0.39 is 0 Å². The van der Waals surface area contributed by atoms with Crippen LogP contribution < -0.4 is 28.9 Å². The van der Waals surface area contributed by atoms with Gasteiger partial charge in [0, 0.05) is 18.8 Å². The maximum absolute atomic E-state index is 10.9. The summed E-state index contributed by atoms with van der Waals surface area (Å²) >= 11 is 0. The molecule has 0 atom stereocenters. The molecular formula is C12H18LiNO. The average Bonchev–Trinajstić information content (AvgIpc) is 2.19.